The molecule has 0 spiro atoms. The van der Waals surface area contributed by atoms with Gasteiger partial charge < -0.3 is 5.11 Å². The van der Waals surface area contributed by atoms with E-state index in [0.29, 0.717) is 5.56 Å². The van der Waals surface area contributed by atoms with Crippen LogP contribution < -0.4 is 0 Å². The van der Waals surface area contributed by atoms with Gasteiger partial charge in [0.1, 0.15) is 5.82 Å². The molecule has 0 bridgehead atoms. The van der Waals surface area contributed by atoms with Crippen LogP contribution in [0.1, 0.15) is 27.9 Å². The zero-order chi connectivity index (χ0) is 15.9. The fraction of sp³-hybridized carbons (Fsp3) is 0.176. The Morgan fingerprint density at radius 2 is 1.91 bits per heavy atom. The quantitative estimate of drug-likeness (QED) is 0.853. The highest BCUT2D eigenvalue weighted by atomic mass is 79.9. The Hall–Kier alpha value is -1.85. The van der Waals surface area contributed by atoms with E-state index in [0.717, 1.165) is 10.0 Å². The zero-order valence-corrected chi connectivity index (χ0v) is 13.1. The van der Waals surface area contributed by atoms with Crippen LogP contribution in [0, 0.1) is 5.82 Å². The summed E-state index contributed by atoms with van der Waals surface area (Å²) in [6.07, 6.45) is -0.239. The van der Waals surface area contributed by atoms with Gasteiger partial charge in [0.15, 0.2) is 17.2 Å². The highest BCUT2D eigenvalue weighted by Crippen LogP contribution is 2.39. The molecule has 0 fully saturated rings. The Morgan fingerprint density at radius 1 is 1.23 bits per heavy atom. The maximum absolute atomic E-state index is 12.9. The lowest BCUT2D eigenvalue weighted by molar-refractivity contribution is -0.135. The molecule has 1 N–H and O–H groups in total. The molecule has 0 unspecified atom stereocenters. The lowest BCUT2D eigenvalue weighted by atomic mass is 9.88. The number of carbonyl (C=O) groups excluding carboxylic acids is 2. The van der Waals surface area contributed by atoms with Crippen molar-refractivity contribution >= 4 is 27.5 Å². The Labute approximate surface area is 134 Å². The van der Waals surface area contributed by atoms with Gasteiger partial charge in [-0.15, -0.1) is 0 Å². The number of rotatable bonds is 3. The first-order chi connectivity index (χ1) is 10.4. The number of halogens is 2. The molecular formula is C17H12BrFO3. The van der Waals surface area contributed by atoms with Gasteiger partial charge in [0.25, 0.3) is 0 Å². The smallest absolute Gasteiger partial charge is 0.173 e. The minimum Gasteiger partial charge on any atom is -0.377 e. The highest BCUT2D eigenvalue weighted by molar-refractivity contribution is 9.10. The maximum atomic E-state index is 12.9. The fourth-order valence-electron chi connectivity index (χ4n) is 2.72. The van der Waals surface area contributed by atoms with Crippen LogP contribution in [0.15, 0.2) is 46.9 Å². The lowest BCUT2D eigenvalue weighted by Gasteiger charge is -2.22. The summed E-state index contributed by atoms with van der Waals surface area (Å²) < 4.78 is 13.6. The van der Waals surface area contributed by atoms with Crippen molar-refractivity contribution < 1.29 is 19.1 Å². The van der Waals surface area contributed by atoms with Gasteiger partial charge in [-0.3, -0.25) is 9.59 Å². The number of ketones is 2. The topological polar surface area (TPSA) is 54.4 Å². The first-order valence-corrected chi connectivity index (χ1v) is 7.53. The molecule has 22 heavy (non-hydrogen) atoms. The van der Waals surface area contributed by atoms with Crippen LogP contribution >= 0.6 is 15.9 Å². The van der Waals surface area contributed by atoms with E-state index in [1.165, 1.54) is 24.3 Å². The Morgan fingerprint density at radius 3 is 2.59 bits per heavy atom. The molecule has 0 heterocycles. The van der Waals surface area contributed by atoms with Crippen molar-refractivity contribution in [1.29, 1.82) is 0 Å². The van der Waals surface area contributed by atoms with Gasteiger partial charge in [0.2, 0.25) is 0 Å². The Kier molecular flexibility index (Phi) is 3.70. The van der Waals surface area contributed by atoms with Gasteiger partial charge in [-0.05, 0) is 47.5 Å². The van der Waals surface area contributed by atoms with E-state index in [2.05, 4.69) is 15.9 Å². The summed E-state index contributed by atoms with van der Waals surface area (Å²) in [4.78, 5) is 24.5. The van der Waals surface area contributed by atoms with E-state index < -0.39 is 23.0 Å². The third-order valence-corrected chi connectivity index (χ3v) is 4.41. The summed E-state index contributed by atoms with van der Waals surface area (Å²) >= 11 is 3.31. The number of hydrogen-bond donors (Lipinski definition) is 1. The molecule has 1 aliphatic rings. The molecule has 2 aromatic rings. The summed E-state index contributed by atoms with van der Waals surface area (Å²) in [6, 6.07) is 10.3. The molecule has 0 radical (unpaired) electrons. The number of Topliss-reactive ketones (excluding diaryl/α,β-unsaturated/α-hetero) is 2. The van der Waals surface area contributed by atoms with Gasteiger partial charge in [-0.2, -0.15) is 0 Å². The van der Waals surface area contributed by atoms with Crippen molar-refractivity contribution in [3.05, 3.63) is 69.4 Å². The third-order valence-electron chi connectivity index (χ3n) is 3.91. The number of carbonyl (C=O) groups is 2. The summed E-state index contributed by atoms with van der Waals surface area (Å²) in [5, 5.41) is 10.8. The second-order valence-electron chi connectivity index (χ2n) is 5.37. The van der Waals surface area contributed by atoms with Crippen molar-refractivity contribution in [3.8, 4) is 0 Å². The van der Waals surface area contributed by atoms with Gasteiger partial charge >= 0.3 is 0 Å². The average molecular weight is 363 g/mol. The van der Waals surface area contributed by atoms with Crippen LogP contribution in [0.4, 0.5) is 4.39 Å². The monoisotopic (exact) mass is 362 g/mol. The summed E-state index contributed by atoms with van der Waals surface area (Å²) in [5.74, 6) is -1.23. The van der Waals surface area contributed by atoms with E-state index in [9.17, 15) is 19.1 Å². The van der Waals surface area contributed by atoms with E-state index >= 15 is 0 Å². The van der Waals surface area contributed by atoms with Crippen LogP contribution in [-0.4, -0.2) is 16.7 Å². The normalized spacial score (nSPS) is 20.0. The van der Waals surface area contributed by atoms with E-state index in [4.69, 9.17) is 0 Å². The second-order valence-corrected chi connectivity index (χ2v) is 6.28. The molecule has 0 amide bonds. The SMILES string of the molecule is O=C(C[C@]1(O)C(=O)Cc2ccc(Br)cc21)c1ccc(F)cc1. The van der Waals surface area contributed by atoms with Crippen LogP contribution in [-0.2, 0) is 16.8 Å². The van der Waals surface area contributed by atoms with Crippen molar-refractivity contribution in [1.82, 2.24) is 0 Å². The Balaban J connectivity index is 1.94. The molecule has 0 saturated carbocycles. The van der Waals surface area contributed by atoms with Gasteiger partial charge in [-0.1, -0.05) is 22.0 Å². The lowest BCUT2D eigenvalue weighted by Crippen LogP contribution is -2.34. The molecule has 2 aromatic carbocycles. The summed E-state index contributed by atoms with van der Waals surface area (Å²) in [7, 11) is 0. The largest absolute Gasteiger partial charge is 0.377 e. The molecule has 0 saturated heterocycles. The molecule has 0 aromatic heterocycles. The molecule has 3 rings (SSSR count). The van der Waals surface area contributed by atoms with Gasteiger partial charge in [0, 0.05) is 16.5 Å². The molecule has 1 aliphatic carbocycles. The van der Waals surface area contributed by atoms with Gasteiger partial charge in [0.05, 0.1) is 6.42 Å². The molecule has 112 valence electrons. The van der Waals surface area contributed by atoms with Crippen molar-refractivity contribution in [2.75, 3.05) is 0 Å². The van der Waals surface area contributed by atoms with Crippen LogP contribution in [0.3, 0.4) is 0 Å². The molecule has 5 heteroatoms. The highest BCUT2D eigenvalue weighted by Gasteiger charge is 2.46. The van der Waals surface area contributed by atoms with Crippen LogP contribution in [0.25, 0.3) is 0 Å². The predicted molar refractivity (Wildman–Crippen MR) is 82.1 cm³/mol. The van der Waals surface area contributed by atoms with E-state index in [-0.39, 0.29) is 18.4 Å². The fourth-order valence-corrected chi connectivity index (χ4v) is 3.08. The zero-order valence-electron chi connectivity index (χ0n) is 11.5. The van der Waals surface area contributed by atoms with Crippen LogP contribution in [0.2, 0.25) is 0 Å². The Bertz CT molecular complexity index is 770. The minimum atomic E-state index is -1.81. The van der Waals surface area contributed by atoms with E-state index in [1.54, 1.807) is 18.2 Å². The average Bonchev–Trinajstić information content (AvgIpc) is 2.71. The third kappa shape index (κ3) is 2.51. The first kappa shape index (κ1) is 15.1. The van der Waals surface area contributed by atoms with E-state index in [1.807, 2.05) is 0 Å². The van der Waals surface area contributed by atoms with Crippen molar-refractivity contribution in [2.45, 2.75) is 18.4 Å². The van der Waals surface area contributed by atoms with Gasteiger partial charge in [-0.25, -0.2) is 4.39 Å². The standard InChI is InChI=1S/C17H12BrFO3/c18-12-4-1-11-7-16(21)17(22,14(11)8-12)9-15(20)10-2-5-13(19)6-3-10/h1-6,8,22H,7,9H2/t17-/m1/s1. The predicted octanol–water partition coefficient (Wildman–Crippen LogP) is 3.17. The number of hydrogen-bond acceptors (Lipinski definition) is 3. The molecule has 0 aliphatic heterocycles. The minimum absolute atomic E-state index is 0.107. The number of aliphatic hydroxyl groups is 1. The molecular weight excluding hydrogens is 351 g/mol. The molecule has 1 atom stereocenters. The van der Waals surface area contributed by atoms with Crippen molar-refractivity contribution in [3.63, 3.8) is 0 Å². The van der Waals surface area contributed by atoms with Crippen LogP contribution in [0.5, 0.6) is 0 Å². The van der Waals surface area contributed by atoms with Crippen molar-refractivity contribution in [2.24, 2.45) is 0 Å². The second kappa shape index (κ2) is 5.41. The molecule has 3 nitrogen and oxygen atoms in total. The summed E-state index contributed by atoms with van der Waals surface area (Å²) in [6.45, 7) is 0. The maximum Gasteiger partial charge on any atom is 0.173 e. The first-order valence-electron chi connectivity index (χ1n) is 6.73. The number of benzene rings is 2. The number of fused-ring (bicyclic) bond motifs is 1. The summed E-state index contributed by atoms with van der Waals surface area (Å²) in [5.41, 5.74) is -0.360.